The molecule has 0 aliphatic heterocycles. The number of nitrogens with zero attached hydrogens (tertiary/aromatic N) is 1. The quantitative estimate of drug-likeness (QED) is 0.867. The van der Waals surface area contributed by atoms with E-state index in [2.05, 4.69) is 20.8 Å². The zero-order valence-corrected chi connectivity index (χ0v) is 12.3. The van der Waals surface area contributed by atoms with Crippen molar-refractivity contribution in [2.24, 2.45) is 0 Å². The molecule has 0 bridgehead atoms. The van der Waals surface area contributed by atoms with Crippen LogP contribution in [0.5, 0.6) is 0 Å². The molecular formula is C15H16BrFN2. The summed E-state index contributed by atoms with van der Waals surface area (Å²) in [7, 11) is 2.03. The average Bonchev–Trinajstić information content (AvgIpc) is 2.38. The summed E-state index contributed by atoms with van der Waals surface area (Å²) in [6.45, 7) is 1.55. The molecule has 0 unspecified atom stereocenters. The van der Waals surface area contributed by atoms with E-state index >= 15 is 0 Å². The normalized spacial score (nSPS) is 10.9. The zero-order chi connectivity index (χ0) is 13.8. The molecule has 0 atom stereocenters. The molecule has 0 aromatic heterocycles. The number of anilines is 1. The maximum atomic E-state index is 12.8. The van der Waals surface area contributed by atoms with Gasteiger partial charge in [0, 0.05) is 23.2 Å². The van der Waals surface area contributed by atoms with Gasteiger partial charge in [-0.05, 0) is 52.3 Å². The molecule has 2 N–H and O–H groups in total. The maximum absolute atomic E-state index is 12.8. The van der Waals surface area contributed by atoms with E-state index in [9.17, 15) is 4.39 Å². The van der Waals surface area contributed by atoms with Crippen LogP contribution in [0.3, 0.4) is 0 Å². The van der Waals surface area contributed by atoms with Crippen LogP contribution >= 0.6 is 15.9 Å². The number of halogens is 2. The van der Waals surface area contributed by atoms with Gasteiger partial charge in [0.2, 0.25) is 0 Å². The molecule has 2 nitrogen and oxygen atoms in total. The molecule has 0 aliphatic rings. The van der Waals surface area contributed by atoms with Gasteiger partial charge < -0.3 is 5.73 Å². The Labute approximate surface area is 121 Å². The molecule has 100 valence electrons. The SMILES string of the molecule is CN(Cc1ccc(F)cc1)Cc1cccc(N)c1Br. The highest BCUT2D eigenvalue weighted by atomic mass is 79.9. The van der Waals surface area contributed by atoms with Gasteiger partial charge in [0.15, 0.2) is 0 Å². The van der Waals surface area contributed by atoms with Gasteiger partial charge >= 0.3 is 0 Å². The summed E-state index contributed by atoms with van der Waals surface area (Å²) >= 11 is 3.50. The van der Waals surface area contributed by atoms with Crippen molar-refractivity contribution in [3.05, 3.63) is 63.9 Å². The predicted molar refractivity (Wildman–Crippen MR) is 80.1 cm³/mol. The molecule has 2 aromatic carbocycles. The highest BCUT2D eigenvalue weighted by molar-refractivity contribution is 9.10. The van der Waals surface area contributed by atoms with Crippen LogP contribution in [-0.2, 0) is 13.1 Å². The molecule has 0 aliphatic carbocycles. The van der Waals surface area contributed by atoms with Gasteiger partial charge in [0.25, 0.3) is 0 Å². The first-order valence-corrected chi connectivity index (χ1v) is 6.81. The van der Waals surface area contributed by atoms with Crippen LogP contribution in [0.25, 0.3) is 0 Å². The lowest BCUT2D eigenvalue weighted by Gasteiger charge is -2.18. The van der Waals surface area contributed by atoms with Crippen molar-refractivity contribution in [1.29, 1.82) is 0 Å². The summed E-state index contributed by atoms with van der Waals surface area (Å²) < 4.78 is 13.8. The Morgan fingerprint density at radius 3 is 2.47 bits per heavy atom. The van der Waals surface area contributed by atoms with Crippen molar-refractivity contribution < 1.29 is 4.39 Å². The first-order valence-electron chi connectivity index (χ1n) is 6.02. The summed E-state index contributed by atoms with van der Waals surface area (Å²) in [5.41, 5.74) is 8.83. The second kappa shape index (κ2) is 6.17. The molecule has 4 heteroatoms. The van der Waals surface area contributed by atoms with Gasteiger partial charge in [0.1, 0.15) is 5.82 Å². The summed E-state index contributed by atoms with van der Waals surface area (Å²) in [6.07, 6.45) is 0. The summed E-state index contributed by atoms with van der Waals surface area (Å²) in [5, 5.41) is 0. The topological polar surface area (TPSA) is 29.3 Å². The first kappa shape index (κ1) is 14.0. The van der Waals surface area contributed by atoms with E-state index in [0.717, 1.165) is 34.4 Å². The smallest absolute Gasteiger partial charge is 0.123 e. The van der Waals surface area contributed by atoms with E-state index < -0.39 is 0 Å². The Bertz CT molecular complexity index is 555. The third-order valence-electron chi connectivity index (χ3n) is 2.91. The number of benzene rings is 2. The van der Waals surface area contributed by atoms with E-state index in [1.165, 1.54) is 12.1 Å². The number of hydrogen-bond donors (Lipinski definition) is 1. The largest absolute Gasteiger partial charge is 0.398 e. The number of hydrogen-bond acceptors (Lipinski definition) is 2. The first-order chi connectivity index (χ1) is 9.06. The fourth-order valence-electron chi connectivity index (χ4n) is 1.97. The third kappa shape index (κ3) is 3.78. The standard InChI is InChI=1S/C15H16BrFN2/c1-19(9-11-5-7-13(17)8-6-11)10-12-3-2-4-14(18)15(12)16/h2-8H,9-10,18H2,1H3. The van der Waals surface area contributed by atoms with E-state index in [-0.39, 0.29) is 5.82 Å². The average molecular weight is 323 g/mol. The Morgan fingerprint density at radius 2 is 1.79 bits per heavy atom. The summed E-state index contributed by atoms with van der Waals surface area (Å²) in [5.74, 6) is -0.204. The molecule has 19 heavy (non-hydrogen) atoms. The van der Waals surface area contributed by atoms with Gasteiger partial charge in [-0.2, -0.15) is 0 Å². The third-order valence-corrected chi connectivity index (χ3v) is 3.88. The fourth-order valence-corrected chi connectivity index (χ4v) is 2.36. The molecule has 0 saturated carbocycles. The van der Waals surface area contributed by atoms with Crippen LogP contribution < -0.4 is 5.73 Å². The van der Waals surface area contributed by atoms with Crippen molar-refractivity contribution in [2.75, 3.05) is 12.8 Å². The molecule has 2 rings (SSSR count). The molecule has 0 amide bonds. The van der Waals surface area contributed by atoms with Gasteiger partial charge in [-0.1, -0.05) is 24.3 Å². The predicted octanol–water partition coefficient (Wildman–Crippen LogP) is 3.80. The highest BCUT2D eigenvalue weighted by Gasteiger charge is 2.07. The minimum Gasteiger partial charge on any atom is -0.398 e. The summed E-state index contributed by atoms with van der Waals surface area (Å²) in [6, 6.07) is 12.4. The number of nitrogen functional groups attached to an aromatic ring is 1. The lowest BCUT2D eigenvalue weighted by atomic mass is 10.1. The van der Waals surface area contributed by atoms with Crippen LogP contribution in [0.1, 0.15) is 11.1 Å². The van der Waals surface area contributed by atoms with Crippen molar-refractivity contribution in [3.63, 3.8) is 0 Å². The van der Waals surface area contributed by atoms with Crippen molar-refractivity contribution in [2.45, 2.75) is 13.1 Å². The van der Waals surface area contributed by atoms with E-state index in [0.29, 0.717) is 0 Å². The maximum Gasteiger partial charge on any atom is 0.123 e. The number of nitrogens with two attached hydrogens (primary N) is 1. The Balaban J connectivity index is 2.03. The van der Waals surface area contributed by atoms with Crippen LogP contribution in [0.2, 0.25) is 0 Å². The van der Waals surface area contributed by atoms with Gasteiger partial charge in [-0.3, -0.25) is 4.90 Å². The van der Waals surface area contributed by atoms with Crippen LogP contribution in [0.4, 0.5) is 10.1 Å². The molecule has 0 spiro atoms. The molecular weight excluding hydrogens is 307 g/mol. The Morgan fingerprint density at radius 1 is 1.11 bits per heavy atom. The lowest BCUT2D eigenvalue weighted by molar-refractivity contribution is 0.318. The van der Waals surface area contributed by atoms with Gasteiger partial charge in [0.05, 0.1) is 0 Å². The van der Waals surface area contributed by atoms with E-state index in [4.69, 9.17) is 5.73 Å². The van der Waals surface area contributed by atoms with Crippen molar-refractivity contribution >= 4 is 21.6 Å². The van der Waals surface area contributed by atoms with Gasteiger partial charge in [-0.15, -0.1) is 0 Å². The monoisotopic (exact) mass is 322 g/mol. The Hall–Kier alpha value is -1.39. The molecule has 0 heterocycles. The summed E-state index contributed by atoms with van der Waals surface area (Å²) in [4.78, 5) is 2.16. The van der Waals surface area contributed by atoms with Crippen LogP contribution in [0.15, 0.2) is 46.9 Å². The molecule has 0 fully saturated rings. The number of rotatable bonds is 4. The fraction of sp³-hybridized carbons (Fsp3) is 0.200. The highest BCUT2D eigenvalue weighted by Crippen LogP contribution is 2.25. The second-order valence-corrected chi connectivity index (χ2v) is 5.41. The Kier molecular flexibility index (Phi) is 4.56. The van der Waals surface area contributed by atoms with E-state index in [1.54, 1.807) is 12.1 Å². The van der Waals surface area contributed by atoms with E-state index in [1.807, 2.05) is 25.2 Å². The zero-order valence-electron chi connectivity index (χ0n) is 10.7. The minimum atomic E-state index is -0.204. The molecule has 0 radical (unpaired) electrons. The van der Waals surface area contributed by atoms with Gasteiger partial charge in [-0.25, -0.2) is 4.39 Å². The van der Waals surface area contributed by atoms with Crippen LogP contribution in [-0.4, -0.2) is 11.9 Å². The second-order valence-electron chi connectivity index (χ2n) is 4.62. The lowest BCUT2D eigenvalue weighted by Crippen LogP contribution is -2.17. The van der Waals surface area contributed by atoms with Crippen molar-refractivity contribution in [3.8, 4) is 0 Å². The van der Waals surface area contributed by atoms with Crippen LogP contribution in [0, 0.1) is 5.82 Å². The van der Waals surface area contributed by atoms with Crippen molar-refractivity contribution in [1.82, 2.24) is 4.90 Å². The minimum absolute atomic E-state index is 0.204. The molecule has 2 aromatic rings. The molecule has 0 saturated heterocycles.